The molecule has 0 atom stereocenters. The highest BCUT2D eigenvalue weighted by atomic mass is 79.9. The summed E-state index contributed by atoms with van der Waals surface area (Å²) in [4.78, 5) is 3.31. The van der Waals surface area contributed by atoms with Gasteiger partial charge < -0.3 is 0 Å². The SMILES string of the molecule is N#CCc1cnc(C(F)F)c(F)c1CBr. The predicted octanol–water partition coefficient (Wildman–Crippen LogP) is 3.12. The third kappa shape index (κ3) is 2.48. The molecule has 0 radical (unpaired) electrons. The van der Waals surface area contributed by atoms with Crippen molar-refractivity contribution in [2.75, 3.05) is 0 Å². The number of hydrogen-bond donors (Lipinski definition) is 0. The van der Waals surface area contributed by atoms with Crippen LogP contribution in [-0.4, -0.2) is 4.98 Å². The van der Waals surface area contributed by atoms with Gasteiger partial charge in [0.25, 0.3) is 6.43 Å². The number of aromatic nitrogens is 1. The van der Waals surface area contributed by atoms with Gasteiger partial charge in [0, 0.05) is 17.1 Å². The second-order valence-electron chi connectivity index (χ2n) is 2.73. The molecule has 1 aromatic heterocycles. The van der Waals surface area contributed by atoms with Gasteiger partial charge in [0.1, 0.15) is 5.69 Å². The van der Waals surface area contributed by atoms with Crippen LogP contribution >= 0.6 is 15.9 Å². The number of nitrogens with zero attached hydrogens (tertiary/aromatic N) is 2. The van der Waals surface area contributed by atoms with E-state index in [0.717, 1.165) is 6.20 Å². The Morgan fingerprint density at radius 3 is 2.67 bits per heavy atom. The third-order valence-corrected chi connectivity index (χ3v) is 2.41. The summed E-state index contributed by atoms with van der Waals surface area (Å²) in [5, 5.41) is 8.53. The molecule has 0 aliphatic carbocycles. The molecule has 2 nitrogen and oxygen atoms in total. The molecule has 0 spiro atoms. The Morgan fingerprint density at radius 2 is 2.20 bits per heavy atom. The van der Waals surface area contributed by atoms with Crippen LogP contribution in [0.5, 0.6) is 0 Å². The van der Waals surface area contributed by atoms with Crippen LogP contribution in [0.3, 0.4) is 0 Å². The molecule has 1 heterocycles. The zero-order chi connectivity index (χ0) is 11.4. The molecule has 0 aliphatic heterocycles. The number of rotatable bonds is 3. The molecule has 1 rings (SSSR count). The molecular formula is C9H6BrF3N2. The maximum atomic E-state index is 13.4. The highest BCUT2D eigenvalue weighted by Gasteiger charge is 2.20. The fourth-order valence-electron chi connectivity index (χ4n) is 1.11. The lowest BCUT2D eigenvalue weighted by molar-refractivity contribution is 0.140. The van der Waals surface area contributed by atoms with Gasteiger partial charge in [0.2, 0.25) is 0 Å². The summed E-state index contributed by atoms with van der Waals surface area (Å²) in [6.07, 6.45) is -1.88. The maximum Gasteiger partial charge on any atom is 0.283 e. The van der Waals surface area contributed by atoms with Crippen LogP contribution in [0, 0.1) is 17.1 Å². The lowest BCUT2D eigenvalue weighted by Gasteiger charge is -2.08. The van der Waals surface area contributed by atoms with Gasteiger partial charge in [-0.2, -0.15) is 5.26 Å². The summed E-state index contributed by atoms with van der Waals surface area (Å²) in [5.41, 5.74) is -0.468. The molecule has 0 saturated carbocycles. The van der Waals surface area contributed by atoms with Gasteiger partial charge in [-0.3, -0.25) is 4.98 Å². The predicted molar refractivity (Wildman–Crippen MR) is 51.1 cm³/mol. The first-order valence-corrected chi connectivity index (χ1v) is 5.11. The van der Waals surface area contributed by atoms with Crippen LogP contribution in [0.2, 0.25) is 0 Å². The summed E-state index contributed by atoms with van der Waals surface area (Å²) < 4.78 is 38.0. The summed E-state index contributed by atoms with van der Waals surface area (Å²) >= 11 is 2.99. The Balaban J connectivity index is 3.27. The van der Waals surface area contributed by atoms with E-state index in [2.05, 4.69) is 20.9 Å². The largest absolute Gasteiger partial charge is 0.283 e. The van der Waals surface area contributed by atoms with Gasteiger partial charge >= 0.3 is 0 Å². The highest BCUT2D eigenvalue weighted by Crippen LogP contribution is 2.25. The number of hydrogen-bond acceptors (Lipinski definition) is 2. The molecular weight excluding hydrogens is 273 g/mol. The molecule has 0 amide bonds. The topological polar surface area (TPSA) is 36.7 Å². The van der Waals surface area contributed by atoms with Crippen molar-refractivity contribution >= 4 is 15.9 Å². The van der Waals surface area contributed by atoms with E-state index in [1.807, 2.05) is 6.07 Å². The standard InChI is InChI=1S/C9H6BrF3N2/c10-3-6-5(1-2-14)4-15-8(7(6)11)9(12)13/h4,9H,1,3H2. The van der Waals surface area contributed by atoms with Gasteiger partial charge in [-0.15, -0.1) is 0 Å². The van der Waals surface area contributed by atoms with Crippen LogP contribution in [0.1, 0.15) is 23.2 Å². The van der Waals surface area contributed by atoms with E-state index < -0.39 is 17.9 Å². The molecule has 1 aromatic rings. The molecule has 6 heteroatoms. The fourth-order valence-corrected chi connectivity index (χ4v) is 1.72. The second kappa shape index (κ2) is 5.12. The lowest BCUT2D eigenvalue weighted by atomic mass is 10.1. The minimum absolute atomic E-state index is 0.0473. The van der Waals surface area contributed by atoms with Gasteiger partial charge in [-0.1, -0.05) is 15.9 Å². The average molecular weight is 279 g/mol. The summed E-state index contributed by atoms with van der Waals surface area (Å²) in [7, 11) is 0. The monoisotopic (exact) mass is 278 g/mol. The van der Waals surface area contributed by atoms with Crippen molar-refractivity contribution in [1.29, 1.82) is 5.26 Å². The lowest BCUT2D eigenvalue weighted by Crippen LogP contribution is -2.04. The van der Waals surface area contributed by atoms with Gasteiger partial charge in [0.05, 0.1) is 12.5 Å². The van der Waals surface area contributed by atoms with Gasteiger partial charge in [-0.05, 0) is 5.56 Å². The zero-order valence-electron chi connectivity index (χ0n) is 7.48. The van der Waals surface area contributed by atoms with Gasteiger partial charge in [0.15, 0.2) is 5.82 Å². The smallest absolute Gasteiger partial charge is 0.252 e. The number of pyridine rings is 1. The Labute approximate surface area is 92.9 Å². The van der Waals surface area contributed by atoms with Crippen LogP contribution in [-0.2, 0) is 11.8 Å². The average Bonchev–Trinajstić information content (AvgIpc) is 2.18. The van der Waals surface area contributed by atoms with Crippen molar-refractivity contribution < 1.29 is 13.2 Å². The van der Waals surface area contributed by atoms with Crippen molar-refractivity contribution in [1.82, 2.24) is 4.98 Å². The van der Waals surface area contributed by atoms with Gasteiger partial charge in [-0.25, -0.2) is 13.2 Å². The molecule has 0 unspecified atom stereocenters. The molecule has 0 N–H and O–H groups in total. The molecule has 0 fully saturated rings. The van der Waals surface area contributed by atoms with Crippen LogP contribution in [0.15, 0.2) is 6.20 Å². The first-order chi connectivity index (χ1) is 7.11. The van der Waals surface area contributed by atoms with E-state index in [0.29, 0.717) is 5.56 Å². The van der Waals surface area contributed by atoms with Crippen molar-refractivity contribution in [3.05, 3.63) is 28.8 Å². The molecule has 0 saturated heterocycles. The zero-order valence-corrected chi connectivity index (χ0v) is 9.06. The quantitative estimate of drug-likeness (QED) is 0.797. The molecule has 80 valence electrons. The summed E-state index contributed by atoms with van der Waals surface area (Å²) in [6.45, 7) is 0. The second-order valence-corrected chi connectivity index (χ2v) is 3.29. The van der Waals surface area contributed by atoms with Crippen molar-refractivity contribution in [3.8, 4) is 6.07 Å². The minimum atomic E-state index is -2.95. The van der Waals surface area contributed by atoms with E-state index in [1.54, 1.807) is 0 Å². The maximum absolute atomic E-state index is 13.4. The number of halogens is 4. The summed E-state index contributed by atoms with van der Waals surface area (Å²) in [5.74, 6) is -1.03. The normalized spacial score (nSPS) is 10.4. The first-order valence-electron chi connectivity index (χ1n) is 3.99. The Hall–Kier alpha value is -1.09. The summed E-state index contributed by atoms with van der Waals surface area (Å²) in [6, 6.07) is 1.82. The number of nitriles is 1. The molecule has 0 aromatic carbocycles. The molecule has 15 heavy (non-hydrogen) atoms. The van der Waals surface area contributed by atoms with E-state index in [-0.39, 0.29) is 17.3 Å². The Bertz CT molecular complexity index is 401. The minimum Gasteiger partial charge on any atom is -0.252 e. The van der Waals surface area contributed by atoms with Crippen LogP contribution in [0.4, 0.5) is 13.2 Å². The van der Waals surface area contributed by atoms with E-state index in [4.69, 9.17) is 5.26 Å². The Morgan fingerprint density at radius 1 is 1.53 bits per heavy atom. The molecule has 0 aliphatic rings. The van der Waals surface area contributed by atoms with E-state index in [1.165, 1.54) is 0 Å². The van der Waals surface area contributed by atoms with Crippen LogP contribution in [0.25, 0.3) is 0 Å². The number of alkyl halides is 3. The van der Waals surface area contributed by atoms with Crippen molar-refractivity contribution in [3.63, 3.8) is 0 Å². The van der Waals surface area contributed by atoms with Crippen molar-refractivity contribution in [2.45, 2.75) is 18.2 Å². The third-order valence-electron chi connectivity index (χ3n) is 1.85. The highest BCUT2D eigenvalue weighted by molar-refractivity contribution is 9.08. The van der Waals surface area contributed by atoms with E-state index in [9.17, 15) is 13.2 Å². The van der Waals surface area contributed by atoms with Crippen molar-refractivity contribution in [2.24, 2.45) is 0 Å². The molecule has 0 bridgehead atoms. The van der Waals surface area contributed by atoms with E-state index >= 15 is 0 Å². The van der Waals surface area contributed by atoms with Crippen LogP contribution < -0.4 is 0 Å². The fraction of sp³-hybridized carbons (Fsp3) is 0.333. The Kier molecular flexibility index (Phi) is 4.09. The first kappa shape index (κ1) is 12.0.